The molecular formula is C9H2BrF3N2O. The van der Waals surface area contributed by atoms with Gasteiger partial charge in [-0.05, 0) is 28.1 Å². The molecule has 16 heavy (non-hydrogen) atoms. The van der Waals surface area contributed by atoms with Crippen LogP contribution in [0.3, 0.4) is 0 Å². The molecule has 0 atom stereocenters. The molecule has 0 saturated heterocycles. The largest absolute Gasteiger partial charge is 0.437 e. The third kappa shape index (κ3) is 1.65. The zero-order valence-corrected chi connectivity index (χ0v) is 9.06. The smallest absolute Gasteiger partial charge is 0.354 e. The van der Waals surface area contributed by atoms with E-state index in [4.69, 9.17) is 5.26 Å². The van der Waals surface area contributed by atoms with Gasteiger partial charge >= 0.3 is 6.18 Å². The molecule has 3 nitrogen and oxygen atoms in total. The number of rotatable bonds is 0. The fourth-order valence-electron chi connectivity index (χ4n) is 1.27. The highest BCUT2D eigenvalue weighted by Crippen LogP contribution is 2.36. The topological polar surface area (TPSA) is 49.8 Å². The van der Waals surface area contributed by atoms with E-state index in [9.17, 15) is 13.2 Å². The van der Waals surface area contributed by atoms with E-state index in [1.165, 1.54) is 6.07 Å². The summed E-state index contributed by atoms with van der Waals surface area (Å²) in [5, 5.41) is 11.4. The highest BCUT2D eigenvalue weighted by atomic mass is 79.9. The van der Waals surface area contributed by atoms with E-state index in [2.05, 4.69) is 25.6 Å². The van der Waals surface area contributed by atoms with Crippen LogP contribution in [-0.4, -0.2) is 5.16 Å². The van der Waals surface area contributed by atoms with Gasteiger partial charge in [0.25, 0.3) is 0 Å². The van der Waals surface area contributed by atoms with Crippen LogP contribution in [0.5, 0.6) is 0 Å². The van der Waals surface area contributed by atoms with Gasteiger partial charge < -0.3 is 4.52 Å². The minimum Gasteiger partial charge on any atom is -0.354 e. The summed E-state index contributed by atoms with van der Waals surface area (Å²) in [5.41, 5.74) is -1.04. The number of aromatic nitrogens is 1. The SMILES string of the molecule is N#Cc1cc(Br)c2onc(C(F)(F)F)c2c1. The third-order valence-electron chi connectivity index (χ3n) is 1.92. The Hall–Kier alpha value is -1.55. The van der Waals surface area contributed by atoms with Crippen LogP contribution in [0, 0.1) is 11.3 Å². The molecule has 1 heterocycles. The number of hydrogen-bond acceptors (Lipinski definition) is 3. The van der Waals surface area contributed by atoms with Crippen LogP contribution in [0.4, 0.5) is 13.2 Å². The Kier molecular flexibility index (Phi) is 2.39. The van der Waals surface area contributed by atoms with Crippen molar-refractivity contribution in [2.75, 3.05) is 0 Å². The molecular weight excluding hydrogens is 289 g/mol. The Labute approximate surface area is 95.6 Å². The molecule has 0 saturated carbocycles. The van der Waals surface area contributed by atoms with Gasteiger partial charge in [0.05, 0.1) is 21.5 Å². The minimum absolute atomic E-state index is 0.0219. The molecule has 1 aromatic carbocycles. The molecule has 0 fully saturated rings. The molecule has 7 heteroatoms. The van der Waals surface area contributed by atoms with Crippen molar-refractivity contribution in [3.8, 4) is 6.07 Å². The van der Waals surface area contributed by atoms with Gasteiger partial charge in [-0.3, -0.25) is 0 Å². The van der Waals surface area contributed by atoms with Crippen molar-refractivity contribution in [2.24, 2.45) is 0 Å². The first kappa shape index (κ1) is 11.0. The molecule has 2 aromatic rings. The van der Waals surface area contributed by atoms with Crippen LogP contribution in [0.25, 0.3) is 11.0 Å². The maximum absolute atomic E-state index is 12.5. The van der Waals surface area contributed by atoms with Gasteiger partial charge in [0, 0.05) is 0 Å². The molecule has 0 radical (unpaired) electrons. The van der Waals surface area contributed by atoms with Crippen molar-refractivity contribution in [1.82, 2.24) is 5.16 Å². The molecule has 1 aromatic heterocycles. The standard InChI is InChI=1S/C9H2BrF3N2O/c10-6-2-4(3-14)1-5-7(6)16-15-8(5)9(11,12)13/h1-2H. The summed E-state index contributed by atoms with van der Waals surface area (Å²) in [6, 6.07) is 4.23. The predicted octanol–water partition coefficient (Wildman–Crippen LogP) is 3.48. The summed E-state index contributed by atoms with van der Waals surface area (Å²) in [6.07, 6.45) is -4.60. The van der Waals surface area contributed by atoms with Crippen LogP contribution >= 0.6 is 15.9 Å². The van der Waals surface area contributed by atoms with E-state index < -0.39 is 11.9 Å². The van der Waals surface area contributed by atoms with Crippen LogP contribution in [0.15, 0.2) is 21.1 Å². The quantitative estimate of drug-likeness (QED) is 0.746. The predicted molar refractivity (Wildman–Crippen MR) is 51.4 cm³/mol. The zero-order chi connectivity index (χ0) is 11.9. The molecule has 0 spiro atoms. The van der Waals surface area contributed by atoms with Crippen molar-refractivity contribution in [3.05, 3.63) is 27.9 Å². The Balaban J connectivity index is 2.82. The number of alkyl halides is 3. The van der Waals surface area contributed by atoms with Crippen molar-refractivity contribution in [1.29, 1.82) is 5.26 Å². The first-order valence-electron chi connectivity index (χ1n) is 3.99. The van der Waals surface area contributed by atoms with Crippen molar-refractivity contribution < 1.29 is 17.7 Å². The highest BCUT2D eigenvalue weighted by molar-refractivity contribution is 9.10. The van der Waals surface area contributed by atoms with Gasteiger partial charge in [0.1, 0.15) is 0 Å². The number of benzene rings is 1. The zero-order valence-electron chi connectivity index (χ0n) is 7.47. The van der Waals surface area contributed by atoms with E-state index in [-0.39, 0.29) is 21.0 Å². The summed E-state index contributed by atoms with van der Waals surface area (Å²) >= 11 is 3.02. The molecule has 0 N–H and O–H groups in total. The van der Waals surface area contributed by atoms with Crippen LogP contribution in [0.1, 0.15) is 11.3 Å². The number of nitriles is 1. The van der Waals surface area contributed by atoms with E-state index >= 15 is 0 Å². The normalized spacial score (nSPS) is 11.7. The van der Waals surface area contributed by atoms with Gasteiger partial charge in [-0.15, -0.1) is 0 Å². The molecule has 0 aliphatic heterocycles. The van der Waals surface area contributed by atoms with E-state index in [0.717, 1.165) is 6.07 Å². The first-order valence-corrected chi connectivity index (χ1v) is 4.79. The molecule has 0 amide bonds. The molecule has 0 unspecified atom stereocenters. The number of halogens is 4. The Morgan fingerprint density at radius 2 is 2.06 bits per heavy atom. The molecule has 82 valence electrons. The summed E-state index contributed by atoms with van der Waals surface area (Å²) < 4.78 is 42.3. The van der Waals surface area contributed by atoms with Gasteiger partial charge in [-0.1, -0.05) is 5.16 Å². The maximum atomic E-state index is 12.5. The van der Waals surface area contributed by atoms with Crippen molar-refractivity contribution in [3.63, 3.8) is 0 Å². The second-order valence-electron chi connectivity index (χ2n) is 2.98. The number of hydrogen-bond donors (Lipinski definition) is 0. The molecule has 0 aliphatic rings. The lowest BCUT2D eigenvalue weighted by Crippen LogP contribution is -2.05. The molecule has 2 rings (SSSR count). The van der Waals surface area contributed by atoms with Gasteiger partial charge in [-0.25, -0.2) is 0 Å². The summed E-state index contributed by atoms with van der Waals surface area (Å²) in [6.45, 7) is 0. The summed E-state index contributed by atoms with van der Waals surface area (Å²) in [5.74, 6) is 0. The second-order valence-corrected chi connectivity index (χ2v) is 3.83. The van der Waals surface area contributed by atoms with Crippen LogP contribution in [0.2, 0.25) is 0 Å². The van der Waals surface area contributed by atoms with E-state index in [0.29, 0.717) is 0 Å². The third-order valence-corrected chi connectivity index (χ3v) is 2.51. The average Bonchev–Trinajstić information content (AvgIpc) is 2.60. The fraction of sp³-hybridized carbons (Fsp3) is 0.111. The van der Waals surface area contributed by atoms with Gasteiger partial charge in [0.15, 0.2) is 11.3 Å². The Bertz CT molecular complexity index is 597. The molecule has 0 bridgehead atoms. The van der Waals surface area contributed by atoms with Crippen LogP contribution < -0.4 is 0 Å². The second kappa shape index (κ2) is 3.49. The summed E-state index contributed by atoms with van der Waals surface area (Å²) in [7, 11) is 0. The lowest BCUT2D eigenvalue weighted by Gasteiger charge is -2.01. The Morgan fingerprint density at radius 3 is 2.62 bits per heavy atom. The monoisotopic (exact) mass is 290 g/mol. The van der Waals surface area contributed by atoms with Gasteiger partial charge in [0.2, 0.25) is 0 Å². The van der Waals surface area contributed by atoms with E-state index in [1.807, 2.05) is 0 Å². The highest BCUT2D eigenvalue weighted by Gasteiger charge is 2.37. The lowest BCUT2D eigenvalue weighted by atomic mass is 10.1. The van der Waals surface area contributed by atoms with Gasteiger partial charge in [-0.2, -0.15) is 18.4 Å². The maximum Gasteiger partial charge on any atom is 0.437 e. The van der Waals surface area contributed by atoms with Crippen molar-refractivity contribution in [2.45, 2.75) is 6.18 Å². The number of fused-ring (bicyclic) bond motifs is 1. The minimum atomic E-state index is -4.60. The Morgan fingerprint density at radius 1 is 1.38 bits per heavy atom. The fourth-order valence-corrected chi connectivity index (χ4v) is 1.80. The van der Waals surface area contributed by atoms with E-state index in [1.54, 1.807) is 6.07 Å². The number of nitrogens with zero attached hydrogens (tertiary/aromatic N) is 2. The molecule has 0 aliphatic carbocycles. The van der Waals surface area contributed by atoms with Crippen molar-refractivity contribution >= 4 is 26.9 Å². The lowest BCUT2D eigenvalue weighted by molar-refractivity contribution is -0.141. The summed E-state index contributed by atoms with van der Waals surface area (Å²) in [4.78, 5) is 0. The first-order chi connectivity index (χ1) is 7.43. The van der Waals surface area contributed by atoms with Crippen LogP contribution in [-0.2, 0) is 6.18 Å². The average molecular weight is 291 g/mol.